The third-order valence-corrected chi connectivity index (χ3v) is 3.88. The molecule has 0 aromatic heterocycles. The molecule has 4 nitrogen and oxygen atoms in total. The summed E-state index contributed by atoms with van der Waals surface area (Å²) in [6.45, 7) is 12.3. The zero-order valence-corrected chi connectivity index (χ0v) is 14.3. The van der Waals surface area contributed by atoms with E-state index in [2.05, 4.69) is 27.7 Å². The highest BCUT2D eigenvalue weighted by molar-refractivity contribution is 5.78. The summed E-state index contributed by atoms with van der Waals surface area (Å²) in [5, 5.41) is 0. The molecule has 0 aromatic carbocycles. The second kappa shape index (κ2) is 7.81. The molecule has 1 aliphatic heterocycles. The van der Waals surface area contributed by atoms with Gasteiger partial charge in [-0.05, 0) is 37.5 Å². The summed E-state index contributed by atoms with van der Waals surface area (Å²) in [6.07, 6.45) is 3.34. The number of hydrogen-bond acceptors (Lipinski definition) is 3. The maximum atomic E-state index is 12.4. The van der Waals surface area contributed by atoms with E-state index < -0.39 is 0 Å². The van der Waals surface area contributed by atoms with Gasteiger partial charge in [0.25, 0.3) is 0 Å². The average molecular weight is 297 g/mol. The van der Waals surface area contributed by atoms with E-state index in [-0.39, 0.29) is 23.2 Å². The van der Waals surface area contributed by atoms with Gasteiger partial charge in [0, 0.05) is 19.5 Å². The van der Waals surface area contributed by atoms with Crippen LogP contribution in [-0.4, -0.2) is 36.5 Å². The molecule has 1 rings (SSSR count). The third-order valence-electron chi connectivity index (χ3n) is 3.88. The summed E-state index contributed by atoms with van der Waals surface area (Å²) >= 11 is 0. The topological polar surface area (TPSA) is 46.6 Å². The molecule has 0 saturated carbocycles. The average Bonchev–Trinajstić information content (AvgIpc) is 2.36. The molecule has 0 aromatic rings. The molecule has 1 heterocycles. The Morgan fingerprint density at radius 1 is 1.33 bits per heavy atom. The van der Waals surface area contributed by atoms with Gasteiger partial charge in [0.05, 0.1) is 12.5 Å². The predicted molar refractivity (Wildman–Crippen MR) is 83.8 cm³/mol. The van der Waals surface area contributed by atoms with Crippen LogP contribution < -0.4 is 0 Å². The fourth-order valence-electron chi connectivity index (χ4n) is 3.20. The van der Waals surface area contributed by atoms with E-state index in [1.807, 2.05) is 11.8 Å². The van der Waals surface area contributed by atoms with E-state index in [4.69, 9.17) is 4.74 Å². The van der Waals surface area contributed by atoms with Gasteiger partial charge in [-0.3, -0.25) is 9.59 Å². The van der Waals surface area contributed by atoms with Gasteiger partial charge >= 0.3 is 5.97 Å². The summed E-state index contributed by atoms with van der Waals surface area (Å²) in [5.41, 5.74) is 0.245. The van der Waals surface area contributed by atoms with Crippen LogP contribution in [0.25, 0.3) is 0 Å². The van der Waals surface area contributed by atoms with Gasteiger partial charge in [0.2, 0.25) is 5.91 Å². The van der Waals surface area contributed by atoms with E-state index in [1.165, 1.54) is 0 Å². The van der Waals surface area contributed by atoms with Crippen molar-refractivity contribution in [1.29, 1.82) is 0 Å². The van der Waals surface area contributed by atoms with Crippen LogP contribution in [0, 0.1) is 17.3 Å². The summed E-state index contributed by atoms with van der Waals surface area (Å²) < 4.78 is 5.08. The Bertz CT molecular complexity index is 360. The lowest BCUT2D eigenvalue weighted by Gasteiger charge is -2.33. The lowest BCUT2D eigenvalue weighted by Crippen LogP contribution is -2.43. The second-order valence-corrected chi connectivity index (χ2v) is 7.51. The SMILES string of the molecule is CCOC(=O)[C@H]1CCCN(C(=O)CC(C)CC(C)(C)C)C1. The molecule has 1 aliphatic rings. The summed E-state index contributed by atoms with van der Waals surface area (Å²) in [4.78, 5) is 26.1. The monoisotopic (exact) mass is 297 g/mol. The number of amides is 1. The highest BCUT2D eigenvalue weighted by atomic mass is 16.5. The van der Waals surface area contributed by atoms with Crippen LogP contribution >= 0.6 is 0 Å². The van der Waals surface area contributed by atoms with E-state index in [0.29, 0.717) is 25.5 Å². The summed E-state index contributed by atoms with van der Waals surface area (Å²) in [6, 6.07) is 0. The minimum atomic E-state index is -0.155. The Kier molecular flexibility index (Phi) is 6.69. The Hall–Kier alpha value is -1.06. The Labute approximate surface area is 129 Å². The zero-order valence-electron chi connectivity index (χ0n) is 14.3. The first-order chi connectivity index (χ1) is 9.73. The number of esters is 1. The molecular weight excluding hydrogens is 266 g/mol. The standard InChI is InChI=1S/C17H31NO3/c1-6-21-16(20)14-8-7-9-18(12-14)15(19)10-13(2)11-17(3,4)5/h13-14H,6-12H2,1-5H3/t13?,14-/m0/s1. The van der Waals surface area contributed by atoms with Crippen molar-refractivity contribution in [2.24, 2.45) is 17.3 Å². The molecule has 1 fully saturated rings. The fourth-order valence-corrected chi connectivity index (χ4v) is 3.20. The molecule has 1 saturated heterocycles. The number of rotatable bonds is 5. The number of nitrogens with zero attached hydrogens (tertiary/aromatic N) is 1. The van der Waals surface area contributed by atoms with Gasteiger partial charge in [0.15, 0.2) is 0 Å². The van der Waals surface area contributed by atoms with E-state index in [1.54, 1.807) is 0 Å². The minimum Gasteiger partial charge on any atom is -0.466 e. The quantitative estimate of drug-likeness (QED) is 0.732. The molecule has 0 spiro atoms. The van der Waals surface area contributed by atoms with Crippen LogP contribution in [0.4, 0.5) is 0 Å². The van der Waals surface area contributed by atoms with Gasteiger partial charge in [-0.25, -0.2) is 0 Å². The van der Waals surface area contributed by atoms with Gasteiger partial charge < -0.3 is 9.64 Å². The van der Waals surface area contributed by atoms with Crippen LogP contribution in [-0.2, 0) is 14.3 Å². The fraction of sp³-hybridized carbons (Fsp3) is 0.882. The third kappa shape index (κ3) is 6.49. The number of piperidine rings is 1. The van der Waals surface area contributed by atoms with Crippen LogP contribution in [0.15, 0.2) is 0 Å². The summed E-state index contributed by atoms with van der Waals surface area (Å²) in [7, 11) is 0. The molecule has 21 heavy (non-hydrogen) atoms. The van der Waals surface area contributed by atoms with Crippen molar-refractivity contribution >= 4 is 11.9 Å². The maximum absolute atomic E-state index is 12.4. The van der Waals surface area contributed by atoms with Crippen molar-refractivity contribution in [3.05, 3.63) is 0 Å². The van der Waals surface area contributed by atoms with Gasteiger partial charge in [-0.2, -0.15) is 0 Å². The number of likely N-dealkylation sites (tertiary alicyclic amines) is 1. The first kappa shape index (κ1) is 18.0. The van der Waals surface area contributed by atoms with Crippen molar-refractivity contribution in [1.82, 2.24) is 4.90 Å². The van der Waals surface area contributed by atoms with Crippen molar-refractivity contribution < 1.29 is 14.3 Å². The lowest BCUT2D eigenvalue weighted by molar-refractivity contribution is -0.151. The highest BCUT2D eigenvalue weighted by Gasteiger charge is 2.30. The van der Waals surface area contributed by atoms with E-state index >= 15 is 0 Å². The number of ether oxygens (including phenoxy) is 1. The van der Waals surface area contributed by atoms with E-state index in [0.717, 1.165) is 25.8 Å². The molecule has 4 heteroatoms. The molecular formula is C17H31NO3. The lowest BCUT2D eigenvalue weighted by atomic mass is 9.84. The molecule has 0 bridgehead atoms. The molecule has 122 valence electrons. The first-order valence-electron chi connectivity index (χ1n) is 8.17. The maximum Gasteiger partial charge on any atom is 0.310 e. The molecule has 1 amide bonds. The van der Waals surface area contributed by atoms with Crippen LogP contribution in [0.3, 0.4) is 0 Å². The van der Waals surface area contributed by atoms with Gasteiger partial charge in [-0.15, -0.1) is 0 Å². The first-order valence-corrected chi connectivity index (χ1v) is 8.17. The Morgan fingerprint density at radius 2 is 2.00 bits per heavy atom. The second-order valence-electron chi connectivity index (χ2n) is 7.51. The van der Waals surface area contributed by atoms with Crippen molar-refractivity contribution in [3.8, 4) is 0 Å². The van der Waals surface area contributed by atoms with Crippen molar-refractivity contribution in [2.75, 3.05) is 19.7 Å². The molecule has 0 radical (unpaired) electrons. The van der Waals surface area contributed by atoms with Gasteiger partial charge in [-0.1, -0.05) is 27.7 Å². The highest BCUT2D eigenvalue weighted by Crippen LogP contribution is 2.27. The number of carbonyl (C=O) groups excluding carboxylic acids is 2. The van der Waals surface area contributed by atoms with Gasteiger partial charge in [0.1, 0.15) is 0 Å². The predicted octanol–water partition coefficient (Wildman–Crippen LogP) is 3.25. The van der Waals surface area contributed by atoms with Crippen LogP contribution in [0.1, 0.15) is 60.3 Å². The van der Waals surface area contributed by atoms with E-state index in [9.17, 15) is 9.59 Å². The van der Waals surface area contributed by atoms with Crippen LogP contribution in [0.2, 0.25) is 0 Å². The van der Waals surface area contributed by atoms with Crippen molar-refractivity contribution in [3.63, 3.8) is 0 Å². The normalized spacial score (nSPS) is 21.0. The van der Waals surface area contributed by atoms with Crippen LogP contribution in [0.5, 0.6) is 0 Å². The Morgan fingerprint density at radius 3 is 2.57 bits per heavy atom. The molecule has 0 N–H and O–H groups in total. The Balaban J connectivity index is 2.48. The number of hydrogen-bond donors (Lipinski definition) is 0. The largest absolute Gasteiger partial charge is 0.466 e. The number of carbonyl (C=O) groups is 2. The van der Waals surface area contributed by atoms with Crippen molar-refractivity contribution in [2.45, 2.75) is 60.3 Å². The molecule has 2 atom stereocenters. The minimum absolute atomic E-state index is 0.138. The molecule has 0 aliphatic carbocycles. The zero-order chi connectivity index (χ0) is 16.0. The summed E-state index contributed by atoms with van der Waals surface area (Å²) in [5.74, 6) is 0.263. The molecule has 1 unspecified atom stereocenters. The smallest absolute Gasteiger partial charge is 0.310 e.